The summed E-state index contributed by atoms with van der Waals surface area (Å²) in [5, 5.41) is 0. The molecule has 154 valence electrons. The van der Waals surface area contributed by atoms with Gasteiger partial charge in [-0.2, -0.15) is 0 Å². The van der Waals surface area contributed by atoms with Crippen molar-refractivity contribution in [3.8, 4) is 5.75 Å². The number of nitrogens with zero attached hydrogens (tertiary/aromatic N) is 2. The number of anilines is 1. The van der Waals surface area contributed by atoms with Crippen molar-refractivity contribution in [1.82, 2.24) is 4.90 Å². The molecule has 0 aromatic heterocycles. The van der Waals surface area contributed by atoms with Crippen molar-refractivity contribution >= 4 is 17.5 Å². The largest absolute Gasteiger partial charge is 0.497 e. The summed E-state index contributed by atoms with van der Waals surface area (Å²) in [6.07, 6.45) is 2.16. The average molecular weight is 390 g/mol. The van der Waals surface area contributed by atoms with Gasteiger partial charge in [-0.3, -0.25) is 9.59 Å². The third-order valence-corrected chi connectivity index (χ3v) is 5.55. The first-order chi connectivity index (χ1) is 13.6. The van der Waals surface area contributed by atoms with Gasteiger partial charge >= 0.3 is 0 Å². The molecule has 7 heteroatoms. The van der Waals surface area contributed by atoms with E-state index >= 15 is 0 Å². The van der Waals surface area contributed by atoms with E-state index in [9.17, 15) is 9.59 Å². The van der Waals surface area contributed by atoms with Crippen molar-refractivity contribution in [2.45, 2.75) is 19.3 Å². The number of benzene rings is 1. The van der Waals surface area contributed by atoms with Gasteiger partial charge in [0.25, 0.3) is 0 Å². The van der Waals surface area contributed by atoms with Gasteiger partial charge in [-0.15, -0.1) is 0 Å². The smallest absolute Gasteiger partial charge is 0.228 e. The fraction of sp³-hybridized carbons (Fsp3) is 0.619. The van der Waals surface area contributed by atoms with Crippen LogP contribution in [0.25, 0.3) is 0 Å². The quantitative estimate of drug-likeness (QED) is 0.635. The van der Waals surface area contributed by atoms with Gasteiger partial charge in [0, 0.05) is 51.5 Å². The minimum Gasteiger partial charge on any atom is -0.497 e. The van der Waals surface area contributed by atoms with Gasteiger partial charge in [0.05, 0.1) is 26.2 Å². The van der Waals surface area contributed by atoms with Crippen molar-refractivity contribution in [2.24, 2.45) is 11.8 Å². The van der Waals surface area contributed by atoms with Crippen LogP contribution < -0.4 is 9.64 Å². The number of amides is 2. The zero-order chi connectivity index (χ0) is 19.9. The molecule has 0 spiro atoms. The van der Waals surface area contributed by atoms with E-state index in [0.29, 0.717) is 31.4 Å². The molecule has 2 aliphatic heterocycles. The minimum atomic E-state index is -0.270. The second kappa shape index (κ2) is 9.89. The fourth-order valence-corrected chi connectivity index (χ4v) is 3.87. The predicted molar refractivity (Wildman–Crippen MR) is 105 cm³/mol. The van der Waals surface area contributed by atoms with E-state index in [-0.39, 0.29) is 24.2 Å². The lowest BCUT2D eigenvalue weighted by Gasteiger charge is -2.33. The predicted octanol–water partition coefficient (Wildman–Crippen LogP) is 1.95. The van der Waals surface area contributed by atoms with E-state index in [1.165, 1.54) is 0 Å². The van der Waals surface area contributed by atoms with Crippen molar-refractivity contribution in [3.63, 3.8) is 0 Å². The maximum Gasteiger partial charge on any atom is 0.228 e. The standard InChI is InChI=1S/C21H30N2O5/c1-26-10-11-28-15-16-6-8-22(9-7-16)21(25)17-12-20(24)23(14-17)18-4-3-5-19(13-18)27-2/h3-5,13,16-17H,6-12,14-15H2,1-2H3. The first-order valence-corrected chi connectivity index (χ1v) is 9.92. The molecule has 2 aliphatic rings. The highest BCUT2D eigenvalue weighted by atomic mass is 16.5. The number of likely N-dealkylation sites (tertiary alicyclic amines) is 1. The topological polar surface area (TPSA) is 68.3 Å². The Balaban J connectivity index is 1.50. The first kappa shape index (κ1) is 20.6. The van der Waals surface area contributed by atoms with Gasteiger partial charge in [-0.25, -0.2) is 0 Å². The number of carbonyl (C=O) groups is 2. The first-order valence-electron chi connectivity index (χ1n) is 9.92. The summed E-state index contributed by atoms with van der Waals surface area (Å²) in [4.78, 5) is 29.0. The Hall–Kier alpha value is -2.12. The minimum absolute atomic E-state index is 0.00645. The van der Waals surface area contributed by atoms with Crippen molar-refractivity contribution < 1.29 is 23.8 Å². The molecule has 2 heterocycles. The molecule has 28 heavy (non-hydrogen) atoms. The van der Waals surface area contributed by atoms with Gasteiger partial charge in [0.15, 0.2) is 0 Å². The molecule has 1 aromatic carbocycles. The fourth-order valence-electron chi connectivity index (χ4n) is 3.87. The molecule has 1 atom stereocenters. The van der Waals surface area contributed by atoms with E-state index in [4.69, 9.17) is 14.2 Å². The second-order valence-corrected chi connectivity index (χ2v) is 7.44. The molecule has 0 radical (unpaired) electrons. The molecule has 0 aliphatic carbocycles. The van der Waals surface area contributed by atoms with Crippen LogP contribution >= 0.6 is 0 Å². The second-order valence-electron chi connectivity index (χ2n) is 7.44. The van der Waals surface area contributed by atoms with Crippen LogP contribution in [-0.2, 0) is 19.1 Å². The van der Waals surface area contributed by atoms with Crippen LogP contribution in [0.15, 0.2) is 24.3 Å². The molecular formula is C21H30N2O5. The monoisotopic (exact) mass is 390 g/mol. The molecule has 2 fully saturated rings. The summed E-state index contributed by atoms with van der Waals surface area (Å²) >= 11 is 0. The summed E-state index contributed by atoms with van der Waals surface area (Å²) in [5.41, 5.74) is 0.784. The molecule has 3 rings (SSSR count). The SMILES string of the molecule is COCCOCC1CCN(C(=O)C2CC(=O)N(c3cccc(OC)c3)C2)CC1. The Bertz CT molecular complexity index is 673. The summed E-state index contributed by atoms with van der Waals surface area (Å²) in [7, 11) is 3.26. The van der Waals surface area contributed by atoms with Gasteiger partial charge in [0.2, 0.25) is 11.8 Å². The van der Waals surface area contributed by atoms with Crippen LogP contribution in [0.4, 0.5) is 5.69 Å². The molecule has 0 saturated carbocycles. The number of methoxy groups -OCH3 is 2. The normalized spacial score (nSPS) is 20.6. The molecule has 0 bridgehead atoms. The average Bonchev–Trinajstić information content (AvgIpc) is 3.13. The van der Waals surface area contributed by atoms with Crippen LogP contribution in [-0.4, -0.2) is 70.4 Å². The number of piperidine rings is 1. The third kappa shape index (κ3) is 5.02. The summed E-state index contributed by atoms with van der Waals surface area (Å²) in [6, 6.07) is 7.41. The lowest BCUT2D eigenvalue weighted by molar-refractivity contribution is -0.137. The van der Waals surface area contributed by atoms with Crippen molar-refractivity contribution in [1.29, 1.82) is 0 Å². The van der Waals surface area contributed by atoms with Crippen molar-refractivity contribution in [2.75, 3.05) is 58.6 Å². The van der Waals surface area contributed by atoms with Crippen LogP contribution in [0.2, 0.25) is 0 Å². The van der Waals surface area contributed by atoms with Gasteiger partial charge in [0.1, 0.15) is 5.75 Å². The maximum atomic E-state index is 12.9. The maximum absolute atomic E-state index is 12.9. The van der Waals surface area contributed by atoms with Gasteiger partial charge < -0.3 is 24.0 Å². The third-order valence-electron chi connectivity index (χ3n) is 5.55. The number of rotatable bonds is 8. The Labute approximate surface area is 166 Å². The van der Waals surface area contributed by atoms with E-state index in [2.05, 4.69) is 0 Å². The Morgan fingerprint density at radius 1 is 1.18 bits per heavy atom. The molecular weight excluding hydrogens is 360 g/mol. The van der Waals surface area contributed by atoms with Crippen LogP contribution in [0.1, 0.15) is 19.3 Å². The zero-order valence-electron chi connectivity index (χ0n) is 16.8. The van der Waals surface area contributed by atoms with Crippen molar-refractivity contribution in [3.05, 3.63) is 24.3 Å². The van der Waals surface area contributed by atoms with Crippen LogP contribution in [0.5, 0.6) is 5.75 Å². The highest BCUT2D eigenvalue weighted by Crippen LogP contribution is 2.29. The lowest BCUT2D eigenvalue weighted by Crippen LogP contribution is -2.43. The number of hydrogen-bond acceptors (Lipinski definition) is 5. The Kier molecular flexibility index (Phi) is 7.28. The molecule has 1 unspecified atom stereocenters. The van der Waals surface area contributed by atoms with Crippen LogP contribution in [0.3, 0.4) is 0 Å². The number of carbonyl (C=O) groups excluding carboxylic acids is 2. The van der Waals surface area contributed by atoms with E-state index in [1.807, 2.05) is 29.2 Å². The lowest BCUT2D eigenvalue weighted by atomic mass is 9.96. The Morgan fingerprint density at radius 2 is 1.96 bits per heavy atom. The van der Waals surface area contributed by atoms with E-state index < -0.39 is 0 Å². The molecule has 1 aromatic rings. The molecule has 7 nitrogen and oxygen atoms in total. The number of ether oxygens (including phenoxy) is 3. The molecule has 0 N–H and O–H groups in total. The highest BCUT2D eigenvalue weighted by molar-refractivity contribution is 6.00. The summed E-state index contributed by atoms with van der Waals surface area (Å²) in [5.74, 6) is 1.01. The van der Waals surface area contributed by atoms with E-state index in [1.54, 1.807) is 19.1 Å². The molecule has 2 amide bonds. The highest BCUT2D eigenvalue weighted by Gasteiger charge is 2.38. The molecule has 2 saturated heterocycles. The Morgan fingerprint density at radius 3 is 2.68 bits per heavy atom. The summed E-state index contributed by atoms with van der Waals surface area (Å²) in [6.45, 7) is 3.85. The van der Waals surface area contributed by atoms with Gasteiger partial charge in [-0.1, -0.05) is 6.07 Å². The van der Waals surface area contributed by atoms with Gasteiger partial charge in [-0.05, 0) is 30.9 Å². The van der Waals surface area contributed by atoms with Crippen LogP contribution in [0, 0.1) is 11.8 Å². The van der Waals surface area contributed by atoms with E-state index in [0.717, 1.165) is 38.2 Å². The number of hydrogen-bond donors (Lipinski definition) is 0. The zero-order valence-corrected chi connectivity index (χ0v) is 16.8. The summed E-state index contributed by atoms with van der Waals surface area (Å²) < 4.78 is 15.8.